The minimum absolute atomic E-state index is 0.0334. The zero-order chi connectivity index (χ0) is 14.5. The normalized spacial score (nSPS) is 12.1. The summed E-state index contributed by atoms with van der Waals surface area (Å²) in [5, 5.41) is 12.0. The summed E-state index contributed by atoms with van der Waals surface area (Å²) in [5.74, 6) is 0.0868. The Bertz CT molecular complexity index is 572. The van der Waals surface area contributed by atoms with Gasteiger partial charge in [-0.2, -0.15) is 0 Å². The molecule has 2 N–H and O–H groups in total. The molecule has 1 atom stereocenters. The Kier molecular flexibility index (Phi) is 4.45. The predicted octanol–water partition coefficient (Wildman–Crippen LogP) is 4.10. The Hall–Kier alpha value is -2.23. The first-order valence-electron chi connectivity index (χ1n) is 6.76. The van der Waals surface area contributed by atoms with E-state index in [4.69, 9.17) is 9.52 Å². The molecular formula is C16H19NO3. The van der Waals surface area contributed by atoms with Crippen molar-refractivity contribution >= 4 is 11.7 Å². The lowest BCUT2D eigenvalue weighted by molar-refractivity contribution is 0.0660. The second kappa shape index (κ2) is 6.28. The van der Waals surface area contributed by atoms with Crippen LogP contribution in [0.25, 0.3) is 0 Å². The van der Waals surface area contributed by atoms with E-state index in [1.54, 1.807) is 6.07 Å². The zero-order valence-electron chi connectivity index (χ0n) is 11.7. The Morgan fingerprint density at radius 3 is 2.50 bits per heavy atom. The van der Waals surface area contributed by atoms with E-state index in [0.717, 1.165) is 12.1 Å². The quantitative estimate of drug-likeness (QED) is 0.831. The van der Waals surface area contributed by atoms with E-state index in [0.29, 0.717) is 18.2 Å². The Balaban J connectivity index is 1.94. The van der Waals surface area contributed by atoms with Gasteiger partial charge >= 0.3 is 5.97 Å². The Morgan fingerprint density at radius 1 is 1.25 bits per heavy atom. The third-order valence-electron chi connectivity index (χ3n) is 3.43. The number of hydrogen-bond acceptors (Lipinski definition) is 3. The molecule has 0 radical (unpaired) electrons. The van der Waals surface area contributed by atoms with Crippen molar-refractivity contribution in [3.8, 4) is 0 Å². The Labute approximate surface area is 118 Å². The maximum absolute atomic E-state index is 10.7. The topological polar surface area (TPSA) is 62.5 Å². The van der Waals surface area contributed by atoms with E-state index < -0.39 is 5.97 Å². The summed E-state index contributed by atoms with van der Waals surface area (Å²) in [6.45, 7) is 4.85. The highest BCUT2D eigenvalue weighted by molar-refractivity contribution is 5.84. The highest BCUT2D eigenvalue weighted by Gasteiger charge is 2.08. The lowest BCUT2D eigenvalue weighted by Crippen LogP contribution is -1.99. The number of carboxylic acid groups (broad SMARTS) is 1. The number of anilines is 1. The van der Waals surface area contributed by atoms with Crippen molar-refractivity contribution < 1.29 is 14.3 Å². The van der Waals surface area contributed by atoms with Gasteiger partial charge in [0.05, 0.1) is 6.54 Å². The highest BCUT2D eigenvalue weighted by Crippen LogP contribution is 2.21. The lowest BCUT2D eigenvalue weighted by Gasteiger charge is -2.10. The van der Waals surface area contributed by atoms with Crippen LogP contribution in [0.3, 0.4) is 0 Å². The number of carbonyl (C=O) groups is 1. The smallest absolute Gasteiger partial charge is 0.371 e. The summed E-state index contributed by atoms with van der Waals surface area (Å²) >= 11 is 0. The molecule has 0 unspecified atom stereocenters. The first-order chi connectivity index (χ1) is 9.60. The van der Waals surface area contributed by atoms with Crippen molar-refractivity contribution in [1.82, 2.24) is 0 Å². The summed E-state index contributed by atoms with van der Waals surface area (Å²) in [5.41, 5.74) is 2.31. The van der Waals surface area contributed by atoms with Crippen molar-refractivity contribution in [2.24, 2.45) is 0 Å². The van der Waals surface area contributed by atoms with Crippen LogP contribution < -0.4 is 5.32 Å². The molecule has 1 aromatic heterocycles. The van der Waals surface area contributed by atoms with Gasteiger partial charge in [-0.25, -0.2) is 4.79 Å². The fraction of sp³-hybridized carbons (Fsp3) is 0.312. The molecular weight excluding hydrogens is 254 g/mol. The van der Waals surface area contributed by atoms with Crippen LogP contribution in [0.15, 0.2) is 40.8 Å². The number of furan rings is 1. The molecule has 0 bridgehead atoms. The van der Waals surface area contributed by atoms with Crippen LogP contribution in [0.5, 0.6) is 0 Å². The molecule has 0 aliphatic carbocycles. The van der Waals surface area contributed by atoms with E-state index in [1.807, 2.05) is 12.1 Å². The van der Waals surface area contributed by atoms with Gasteiger partial charge in [-0.3, -0.25) is 0 Å². The third kappa shape index (κ3) is 3.41. The molecule has 0 saturated carbocycles. The van der Waals surface area contributed by atoms with Crippen molar-refractivity contribution in [2.75, 3.05) is 5.32 Å². The van der Waals surface area contributed by atoms with Crippen LogP contribution in [0.2, 0.25) is 0 Å². The maximum Gasteiger partial charge on any atom is 0.371 e. The predicted molar refractivity (Wildman–Crippen MR) is 78.1 cm³/mol. The molecule has 20 heavy (non-hydrogen) atoms. The minimum Gasteiger partial charge on any atom is -0.475 e. The number of nitrogens with one attached hydrogen (secondary N) is 1. The summed E-state index contributed by atoms with van der Waals surface area (Å²) in [6, 6.07) is 11.4. The van der Waals surface area contributed by atoms with E-state index in [1.165, 1.54) is 11.6 Å². The molecule has 1 heterocycles. The number of hydrogen-bond donors (Lipinski definition) is 2. The van der Waals surface area contributed by atoms with Gasteiger partial charge in [-0.05, 0) is 42.2 Å². The molecule has 0 fully saturated rings. The molecule has 0 spiro atoms. The van der Waals surface area contributed by atoms with E-state index in [-0.39, 0.29) is 5.76 Å². The van der Waals surface area contributed by atoms with Gasteiger partial charge in [-0.15, -0.1) is 0 Å². The largest absolute Gasteiger partial charge is 0.475 e. The summed E-state index contributed by atoms with van der Waals surface area (Å²) in [4.78, 5) is 10.7. The van der Waals surface area contributed by atoms with Gasteiger partial charge in [0.25, 0.3) is 0 Å². The summed E-state index contributed by atoms with van der Waals surface area (Å²) in [6.07, 6.45) is 1.12. The van der Waals surface area contributed by atoms with Crippen molar-refractivity contribution in [3.05, 3.63) is 53.5 Å². The number of aromatic carboxylic acids is 1. The van der Waals surface area contributed by atoms with Gasteiger partial charge in [-0.1, -0.05) is 26.0 Å². The summed E-state index contributed by atoms with van der Waals surface area (Å²) in [7, 11) is 0. The van der Waals surface area contributed by atoms with E-state index in [9.17, 15) is 4.79 Å². The SMILES string of the molecule is CC[C@@H](C)c1ccc(NCc2ccc(C(=O)O)o2)cc1. The van der Waals surface area contributed by atoms with Gasteiger partial charge in [0, 0.05) is 5.69 Å². The van der Waals surface area contributed by atoms with Gasteiger partial charge in [0.2, 0.25) is 5.76 Å². The van der Waals surface area contributed by atoms with Gasteiger partial charge in [0.1, 0.15) is 5.76 Å². The Morgan fingerprint density at radius 2 is 1.95 bits per heavy atom. The lowest BCUT2D eigenvalue weighted by atomic mass is 9.99. The fourth-order valence-corrected chi connectivity index (χ4v) is 1.94. The number of benzene rings is 1. The van der Waals surface area contributed by atoms with Crippen LogP contribution in [0.1, 0.15) is 48.1 Å². The first-order valence-corrected chi connectivity index (χ1v) is 6.76. The monoisotopic (exact) mass is 273 g/mol. The molecule has 0 aliphatic heterocycles. The molecule has 4 nitrogen and oxygen atoms in total. The minimum atomic E-state index is -1.05. The third-order valence-corrected chi connectivity index (χ3v) is 3.43. The zero-order valence-corrected chi connectivity index (χ0v) is 11.7. The molecule has 4 heteroatoms. The second-order valence-corrected chi connectivity index (χ2v) is 4.86. The molecule has 0 saturated heterocycles. The van der Waals surface area contributed by atoms with Crippen molar-refractivity contribution in [2.45, 2.75) is 32.7 Å². The van der Waals surface area contributed by atoms with Gasteiger partial charge in [0.15, 0.2) is 0 Å². The fourth-order valence-electron chi connectivity index (χ4n) is 1.94. The van der Waals surface area contributed by atoms with E-state index in [2.05, 4.69) is 31.3 Å². The van der Waals surface area contributed by atoms with Crippen LogP contribution in [0, 0.1) is 0 Å². The van der Waals surface area contributed by atoms with E-state index >= 15 is 0 Å². The van der Waals surface area contributed by atoms with Gasteiger partial charge < -0.3 is 14.8 Å². The molecule has 1 aromatic carbocycles. The average Bonchev–Trinajstić information content (AvgIpc) is 2.94. The molecule has 0 amide bonds. The number of carboxylic acids is 1. The summed E-state index contributed by atoms with van der Waals surface area (Å²) < 4.78 is 5.18. The standard InChI is InChI=1S/C16H19NO3/c1-3-11(2)12-4-6-13(7-5-12)17-10-14-8-9-15(20-14)16(18)19/h4-9,11,17H,3,10H2,1-2H3,(H,18,19)/t11-/m1/s1. The highest BCUT2D eigenvalue weighted by atomic mass is 16.4. The van der Waals surface area contributed by atoms with Crippen LogP contribution in [0.4, 0.5) is 5.69 Å². The number of rotatable bonds is 6. The second-order valence-electron chi connectivity index (χ2n) is 4.86. The van der Waals surface area contributed by atoms with Crippen LogP contribution in [-0.4, -0.2) is 11.1 Å². The van der Waals surface area contributed by atoms with Crippen molar-refractivity contribution in [3.63, 3.8) is 0 Å². The molecule has 2 aromatic rings. The van der Waals surface area contributed by atoms with Crippen molar-refractivity contribution in [1.29, 1.82) is 0 Å². The van der Waals surface area contributed by atoms with Crippen LogP contribution in [-0.2, 0) is 6.54 Å². The average molecular weight is 273 g/mol. The van der Waals surface area contributed by atoms with Crippen LogP contribution >= 0.6 is 0 Å². The molecule has 106 valence electrons. The maximum atomic E-state index is 10.7. The molecule has 2 rings (SSSR count). The molecule has 0 aliphatic rings. The first kappa shape index (κ1) is 14.2.